The largest absolute Gasteiger partial charge is 0.368 e. The Morgan fingerprint density at radius 2 is 1.80 bits per heavy atom. The summed E-state index contributed by atoms with van der Waals surface area (Å²) in [6.07, 6.45) is 0.207. The van der Waals surface area contributed by atoms with Crippen molar-refractivity contribution in [2.45, 2.75) is 45.7 Å². The molecule has 0 aliphatic heterocycles. The normalized spacial score (nSPS) is 11.6. The topological polar surface area (TPSA) is 89.4 Å². The van der Waals surface area contributed by atoms with E-state index in [1.165, 1.54) is 4.90 Å². The number of carbonyl (C=O) groups excluding carboxylic acids is 2. The molecule has 0 aliphatic carbocycles. The first-order valence-electron chi connectivity index (χ1n) is 5.00. The molecule has 0 aromatic rings. The number of rotatable bonds is 5. The Bertz CT molecular complexity index is 244. The van der Waals surface area contributed by atoms with Crippen LogP contribution in [-0.4, -0.2) is 34.8 Å². The van der Waals surface area contributed by atoms with Gasteiger partial charge in [-0.1, -0.05) is 0 Å². The fraction of sp³-hybridized carbons (Fsp3) is 0.800. The highest BCUT2D eigenvalue weighted by Crippen LogP contribution is 2.09. The monoisotopic (exact) mass is 215 g/mol. The van der Waals surface area contributed by atoms with E-state index in [0.29, 0.717) is 0 Å². The van der Waals surface area contributed by atoms with Crippen molar-refractivity contribution in [1.29, 1.82) is 0 Å². The van der Waals surface area contributed by atoms with Gasteiger partial charge in [-0.15, -0.1) is 0 Å². The second kappa shape index (κ2) is 5.11. The Morgan fingerprint density at radius 3 is 2.07 bits per heavy atom. The van der Waals surface area contributed by atoms with E-state index in [9.17, 15) is 9.59 Å². The molecule has 0 rings (SSSR count). The van der Waals surface area contributed by atoms with Crippen LogP contribution in [0.5, 0.6) is 0 Å². The van der Waals surface area contributed by atoms with Gasteiger partial charge in [-0.05, 0) is 27.7 Å². The van der Waals surface area contributed by atoms with E-state index in [2.05, 4.69) is 0 Å². The molecule has 0 unspecified atom stereocenters. The lowest BCUT2D eigenvalue weighted by Gasteiger charge is -2.28. The molecule has 4 N–H and O–H groups in total. The summed E-state index contributed by atoms with van der Waals surface area (Å²) in [5, 5.41) is 0. The number of carbonyl (C=O) groups is 2. The average molecular weight is 215 g/mol. The molecular formula is C10H21N3O2. The summed E-state index contributed by atoms with van der Waals surface area (Å²) < 4.78 is 0. The predicted molar refractivity (Wildman–Crippen MR) is 58.9 cm³/mol. The highest BCUT2D eigenvalue weighted by Gasteiger charge is 2.24. The first kappa shape index (κ1) is 13.9. The summed E-state index contributed by atoms with van der Waals surface area (Å²) >= 11 is 0. The molecule has 0 bridgehead atoms. The van der Waals surface area contributed by atoms with Crippen LogP contribution in [0.4, 0.5) is 0 Å². The molecule has 0 radical (unpaired) electrons. The van der Waals surface area contributed by atoms with Gasteiger partial charge in [0.2, 0.25) is 11.8 Å². The van der Waals surface area contributed by atoms with Gasteiger partial charge in [0.15, 0.2) is 0 Å². The van der Waals surface area contributed by atoms with Gasteiger partial charge in [0.05, 0.1) is 6.54 Å². The SMILES string of the molecule is CC(C)N(CC(N)=O)C(=O)CC(C)(C)N. The number of hydrogen-bond donors (Lipinski definition) is 2. The Labute approximate surface area is 90.8 Å². The van der Waals surface area contributed by atoms with Gasteiger partial charge in [0.25, 0.3) is 0 Å². The van der Waals surface area contributed by atoms with E-state index in [1.54, 1.807) is 13.8 Å². The molecule has 88 valence electrons. The van der Waals surface area contributed by atoms with Crippen LogP contribution in [0.2, 0.25) is 0 Å². The lowest BCUT2D eigenvalue weighted by Crippen LogP contribution is -2.47. The van der Waals surface area contributed by atoms with E-state index in [0.717, 1.165) is 0 Å². The van der Waals surface area contributed by atoms with E-state index in [-0.39, 0.29) is 24.9 Å². The average Bonchev–Trinajstić information content (AvgIpc) is 1.95. The summed E-state index contributed by atoms with van der Waals surface area (Å²) in [6.45, 7) is 7.17. The van der Waals surface area contributed by atoms with Crippen LogP contribution >= 0.6 is 0 Å². The number of amides is 2. The maximum absolute atomic E-state index is 11.8. The highest BCUT2D eigenvalue weighted by molar-refractivity contribution is 5.84. The molecule has 0 saturated carbocycles. The molecule has 0 aromatic heterocycles. The van der Waals surface area contributed by atoms with Gasteiger partial charge in [0, 0.05) is 18.0 Å². The van der Waals surface area contributed by atoms with Crippen LogP contribution in [-0.2, 0) is 9.59 Å². The van der Waals surface area contributed by atoms with E-state index >= 15 is 0 Å². The van der Waals surface area contributed by atoms with Crippen molar-refractivity contribution in [3.05, 3.63) is 0 Å². The Kier molecular flexibility index (Phi) is 4.74. The zero-order valence-electron chi connectivity index (χ0n) is 9.91. The summed E-state index contributed by atoms with van der Waals surface area (Å²) in [5.41, 5.74) is 10.2. The van der Waals surface area contributed by atoms with Gasteiger partial charge in [-0.25, -0.2) is 0 Å². The standard InChI is InChI=1S/C10H21N3O2/c1-7(2)13(6-8(11)14)9(15)5-10(3,4)12/h7H,5-6,12H2,1-4H3,(H2,11,14). The van der Waals surface area contributed by atoms with E-state index in [1.807, 2.05) is 13.8 Å². The molecule has 5 heteroatoms. The molecule has 0 saturated heterocycles. The third kappa shape index (κ3) is 6.06. The van der Waals surface area contributed by atoms with Crippen LogP contribution in [0.15, 0.2) is 0 Å². The van der Waals surface area contributed by atoms with Gasteiger partial charge in [0.1, 0.15) is 0 Å². The Morgan fingerprint density at radius 1 is 1.33 bits per heavy atom. The zero-order valence-corrected chi connectivity index (χ0v) is 9.91. The van der Waals surface area contributed by atoms with Crippen molar-refractivity contribution < 1.29 is 9.59 Å². The molecule has 2 amide bonds. The second-order valence-electron chi connectivity index (χ2n) is 4.75. The minimum absolute atomic E-state index is 0.0488. The van der Waals surface area contributed by atoms with Crippen molar-refractivity contribution in [2.75, 3.05) is 6.54 Å². The molecule has 5 nitrogen and oxygen atoms in total. The van der Waals surface area contributed by atoms with Crippen LogP contribution in [0.25, 0.3) is 0 Å². The quantitative estimate of drug-likeness (QED) is 0.667. The van der Waals surface area contributed by atoms with Crippen molar-refractivity contribution in [2.24, 2.45) is 11.5 Å². The molecule has 0 fully saturated rings. The fourth-order valence-corrected chi connectivity index (χ4v) is 1.22. The number of nitrogens with zero attached hydrogens (tertiary/aromatic N) is 1. The third-order valence-corrected chi connectivity index (χ3v) is 1.88. The molecular weight excluding hydrogens is 194 g/mol. The molecule has 0 atom stereocenters. The molecule has 15 heavy (non-hydrogen) atoms. The van der Waals surface area contributed by atoms with Crippen molar-refractivity contribution in [3.8, 4) is 0 Å². The number of nitrogens with two attached hydrogens (primary N) is 2. The van der Waals surface area contributed by atoms with Crippen LogP contribution < -0.4 is 11.5 Å². The Hall–Kier alpha value is -1.10. The molecule has 0 aromatic carbocycles. The summed E-state index contributed by atoms with van der Waals surface area (Å²) in [6, 6.07) is -0.0488. The minimum atomic E-state index is -0.568. The first-order chi connectivity index (χ1) is 6.63. The lowest BCUT2D eigenvalue weighted by atomic mass is 10.0. The van der Waals surface area contributed by atoms with Crippen LogP contribution in [0.1, 0.15) is 34.1 Å². The first-order valence-corrected chi connectivity index (χ1v) is 5.00. The minimum Gasteiger partial charge on any atom is -0.368 e. The number of primary amides is 1. The highest BCUT2D eigenvalue weighted by atomic mass is 16.2. The summed E-state index contributed by atoms with van der Waals surface area (Å²) in [4.78, 5) is 24.0. The zero-order chi connectivity index (χ0) is 12.2. The van der Waals surface area contributed by atoms with Gasteiger partial charge in [-0.2, -0.15) is 0 Å². The molecule has 0 heterocycles. The predicted octanol–water partition coefficient (Wildman–Crippen LogP) is -0.164. The molecule has 0 spiro atoms. The third-order valence-electron chi connectivity index (χ3n) is 1.88. The Balaban J connectivity index is 4.50. The fourth-order valence-electron chi connectivity index (χ4n) is 1.22. The van der Waals surface area contributed by atoms with E-state index < -0.39 is 11.4 Å². The van der Waals surface area contributed by atoms with Gasteiger partial charge in [-0.3, -0.25) is 9.59 Å². The maximum Gasteiger partial charge on any atom is 0.237 e. The van der Waals surface area contributed by atoms with Crippen molar-refractivity contribution in [3.63, 3.8) is 0 Å². The summed E-state index contributed by atoms with van der Waals surface area (Å²) in [7, 11) is 0. The van der Waals surface area contributed by atoms with Gasteiger partial charge < -0.3 is 16.4 Å². The molecule has 0 aliphatic rings. The van der Waals surface area contributed by atoms with Crippen molar-refractivity contribution in [1.82, 2.24) is 4.90 Å². The second-order valence-corrected chi connectivity index (χ2v) is 4.75. The van der Waals surface area contributed by atoms with Crippen LogP contribution in [0, 0.1) is 0 Å². The van der Waals surface area contributed by atoms with Crippen molar-refractivity contribution >= 4 is 11.8 Å². The smallest absolute Gasteiger partial charge is 0.237 e. The van der Waals surface area contributed by atoms with E-state index in [4.69, 9.17) is 11.5 Å². The van der Waals surface area contributed by atoms with Gasteiger partial charge >= 0.3 is 0 Å². The lowest BCUT2D eigenvalue weighted by molar-refractivity contribution is -0.137. The number of hydrogen-bond acceptors (Lipinski definition) is 3. The maximum atomic E-state index is 11.8. The summed E-state index contributed by atoms with van der Waals surface area (Å²) in [5.74, 6) is -0.650. The van der Waals surface area contributed by atoms with Crippen LogP contribution in [0.3, 0.4) is 0 Å².